The largest absolute Gasteiger partial charge is 0.494 e. The number of nitrogens with zero attached hydrogens (tertiary/aromatic N) is 4. The summed E-state index contributed by atoms with van der Waals surface area (Å²) in [6.07, 6.45) is 1.72. The number of aromatic carboxylic acids is 1. The van der Waals surface area contributed by atoms with E-state index in [-0.39, 0.29) is 11.4 Å². The van der Waals surface area contributed by atoms with E-state index in [9.17, 15) is 9.90 Å². The van der Waals surface area contributed by atoms with E-state index in [0.717, 1.165) is 23.7 Å². The first-order valence-corrected chi connectivity index (χ1v) is 13.3. The maximum absolute atomic E-state index is 11.6. The van der Waals surface area contributed by atoms with Gasteiger partial charge in [-0.2, -0.15) is 5.10 Å². The van der Waals surface area contributed by atoms with Gasteiger partial charge in [0.05, 0.1) is 35.9 Å². The summed E-state index contributed by atoms with van der Waals surface area (Å²) in [5, 5.41) is 20.4. The van der Waals surface area contributed by atoms with Crippen molar-refractivity contribution < 1.29 is 19.4 Å². The molecule has 1 aromatic carbocycles. The lowest BCUT2D eigenvalue weighted by atomic mass is 10.2. The smallest absolute Gasteiger partial charge is 0.339 e. The molecular formula is C20H27N5O4Si. The van der Waals surface area contributed by atoms with Gasteiger partial charge in [0.2, 0.25) is 0 Å². The molecule has 0 aliphatic carbocycles. The van der Waals surface area contributed by atoms with Crippen molar-refractivity contribution in [1.82, 2.24) is 19.7 Å². The number of carboxylic acids is 1. The van der Waals surface area contributed by atoms with E-state index in [1.54, 1.807) is 26.4 Å². The van der Waals surface area contributed by atoms with Crippen LogP contribution in [0.2, 0.25) is 25.7 Å². The number of aryl methyl sites for hydroxylation is 1. The number of aromatic nitrogens is 4. The van der Waals surface area contributed by atoms with E-state index in [1.807, 2.05) is 10.6 Å². The highest BCUT2D eigenvalue weighted by Crippen LogP contribution is 2.32. The molecule has 2 N–H and O–H groups in total. The van der Waals surface area contributed by atoms with Crippen LogP contribution in [0.3, 0.4) is 0 Å². The summed E-state index contributed by atoms with van der Waals surface area (Å²) in [4.78, 5) is 16.0. The van der Waals surface area contributed by atoms with Gasteiger partial charge in [-0.05, 0) is 25.1 Å². The summed E-state index contributed by atoms with van der Waals surface area (Å²) in [5.74, 6) is -0.416. The van der Waals surface area contributed by atoms with Crippen LogP contribution in [0.4, 0.5) is 11.5 Å². The minimum absolute atomic E-state index is 0.0333. The Morgan fingerprint density at radius 1 is 1.23 bits per heavy atom. The van der Waals surface area contributed by atoms with E-state index in [2.05, 4.69) is 40.1 Å². The molecule has 0 amide bonds. The van der Waals surface area contributed by atoms with Crippen LogP contribution in [0, 0.1) is 6.92 Å². The Kier molecular flexibility index (Phi) is 6.37. The molecule has 160 valence electrons. The molecule has 0 aliphatic heterocycles. The number of rotatable bonds is 9. The average molecular weight is 430 g/mol. The second-order valence-corrected chi connectivity index (χ2v) is 13.9. The van der Waals surface area contributed by atoms with Gasteiger partial charge in [-0.15, -0.1) is 5.10 Å². The molecule has 0 saturated carbocycles. The van der Waals surface area contributed by atoms with E-state index in [0.29, 0.717) is 23.9 Å². The molecule has 0 bridgehead atoms. The van der Waals surface area contributed by atoms with Gasteiger partial charge < -0.3 is 24.5 Å². The topological polar surface area (TPSA) is 111 Å². The molecule has 0 unspecified atom stereocenters. The van der Waals surface area contributed by atoms with Crippen molar-refractivity contribution in [2.24, 2.45) is 0 Å². The molecule has 3 rings (SSSR count). The van der Waals surface area contributed by atoms with Crippen molar-refractivity contribution in [2.45, 2.75) is 39.3 Å². The van der Waals surface area contributed by atoms with Gasteiger partial charge in [0.1, 0.15) is 18.0 Å². The van der Waals surface area contributed by atoms with Gasteiger partial charge in [-0.25, -0.2) is 9.78 Å². The molecule has 10 heteroatoms. The maximum atomic E-state index is 11.6. The summed E-state index contributed by atoms with van der Waals surface area (Å²) in [6, 6.07) is 6.20. The zero-order valence-electron chi connectivity index (χ0n) is 17.9. The number of imidazole rings is 1. The molecule has 2 aromatic heterocycles. The Balaban J connectivity index is 1.85. The van der Waals surface area contributed by atoms with E-state index < -0.39 is 14.0 Å². The predicted molar refractivity (Wildman–Crippen MR) is 117 cm³/mol. The molecule has 0 fully saturated rings. The number of ether oxygens (including phenoxy) is 2. The zero-order valence-corrected chi connectivity index (χ0v) is 18.9. The quantitative estimate of drug-likeness (QED) is 0.389. The van der Waals surface area contributed by atoms with Crippen LogP contribution in [0.25, 0.3) is 11.0 Å². The van der Waals surface area contributed by atoms with Crippen molar-refractivity contribution >= 4 is 36.6 Å². The molecular weight excluding hydrogens is 402 g/mol. The number of nitrogens with one attached hydrogen (secondary N) is 1. The first-order valence-electron chi connectivity index (χ1n) is 9.63. The number of fused-ring (bicyclic) bond motifs is 1. The summed E-state index contributed by atoms with van der Waals surface area (Å²) in [5.41, 5.74) is 2.69. The minimum atomic E-state index is -1.14. The lowest BCUT2D eigenvalue weighted by Gasteiger charge is -2.16. The monoisotopic (exact) mass is 429 g/mol. The fraction of sp³-hybridized carbons (Fsp3) is 0.400. The number of hydrogen-bond acceptors (Lipinski definition) is 7. The van der Waals surface area contributed by atoms with Gasteiger partial charge >= 0.3 is 5.97 Å². The molecule has 0 atom stereocenters. The van der Waals surface area contributed by atoms with E-state index in [4.69, 9.17) is 9.47 Å². The van der Waals surface area contributed by atoms with Crippen molar-refractivity contribution in [3.05, 3.63) is 35.8 Å². The lowest BCUT2D eigenvalue weighted by molar-refractivity contribution is 0.0697. The van der Waals surface area contributed by atoms with Crippen molar-refractivity contribution in [1.29, 1.82) is 0 Å². The van der Waals surface area contributed by atoms with Crippen LogP contribution >= 0.6 is 0 Å². The number of benzene rings is 1. The van der Waals surface area contributed by atoms with Crippen LogP contribution in [0.5, 0.6) is 5.75 Å². The predicted octanol–water partition coefficient (Wildman–Crippen LogP) is 3.90. The van der Waals surface area contributed by atoms with Gasteiger partial charge in [0.25, 0.3) is 0 Å². The zero-order chi connectivity index (χ0) is 21.9. The maximum Gasteiger partial charge on any atom is 0.339 e. The van der Waals surface area contributed by atoms with E-state index in [1.165, 1.54) is 6.07 Å². The summed E-state index contributed by atoms with van der Waals surface area (Å²) in [7, 11) is 0.412. The molecule has 0 radical (unpaired) electrons. The summed E-state index contributed by atoms with van der Waals surface area (Å²) < 4.78 is 13.3. The van der Waals surface area contributed by atoms with Crippen molar-refractivity contribution in [2.75, 3.05) is 19.0 Å². The Bertz CT molecular complexity index is 1060. The van der Waals surface area contributed by atoms with Crippen molar-refractivity contribution in [3.63, 3.8) is 0 Å². The molecule has 3 aromatic rings. The molecule has 9 nitrogen and oxygen atoms in total. The third kappa shape index (κ3) is 5.13. The van der Waals surface area contributed by atoms with Crippen LogP contribution in [0.1, 0.15) is 16.1 Å². The van der Waals surface area contributed by atoms with Crippen LogP contribution < -0.4 is 10.1 Å². The average Bonchev–Trinajstić information content (AvgIpc) is 3.06. The van der Waals surface area contributed by atoms with E-state index >= 15 is 0 Å². The molecule has 2 heterocycles. The highest BCUT2D eigenvalue weighted by atomic mass is 28.3. The van der Waals surface area contributed by atoms with Gasteiger partial charge in [0.15, 0.2) is 5.82 Å². The van der Waals surface area contributed by atoms with Gasteiger partial charge in [-0.1, -0.05) is 19.6 Å². The first kappa shape index (κ1) is 21.7. The normalized spacial score (nSPS) is 11.6. The van der Waals surface area contributed by atoms with Gasteiger partial charge in [0, 0.05) is 20.7 Å². The number of methoxy groups -OCH3 is 1. The van der Waals surface area contributed by atoms with Crippen LogP contribution in [-0.4, -0.2) is 52.6 Å². The number of hydrogen-bond donors (Lipinski definition) is 2. The number of anilines is 2. The fourth-order valence-electron chi connectivity index (χ4n) is 2.87. The minimum Gasteiger partial charge on any atom is -0.494 e. The Hall–Kier alpha value is -2.98. The third-order valence-electron chi connectivity index (χ3n) is 4.57. The standard InChI is InChI=1S/C20H27N5O4Si/c1-13-8-14(20(26)27)19(24-23-13)22-16-9-15-17(10-18(16)28-2)25(11-21-15)12-29-6-7-30(3,4)5/h8-11H,6-7,12H2,1-5H3,(H,22,24)(H,26,27). The Labute approximate surface area is 176 Å². The van der Waals surface area contributed by atoms with Crippen molar-refractivity contribution in [3.8, 4) is 5.75 Å². The van der Waals surface area contributed by atoms with Gasteiger partial charge in [-0.3, -0.25) is 0 Å². The third-order valence-corrected chi connectivity index (χ3v) is 6.27. The lowest BCUT2D eigenvalue weighted by Crippen LogP contribution is -2.21. The highest BCUT2D eigenvalue weighted by Gasteiger charge is 2.17. The SMILES string of the molecule is COc1cc2c(cc1Nc1nnc(C)cc1C(=O)O)ncn2COCC[Si](C)(C)C. The second kappa shape index (κ2) is 8.80. The summed E-state index contributed by atoms with van der Waals surface area (Å²) >= 11 is 0. The van der Waals surface area contributed by atoms with Crippen LogP contribution in [0.15, 0.2) is 24.5 Å². The first-order chi connectivity index (χ1) is 14.2. The Morgan fingerprint density at radius 3 is 2.67 bits per heavy atom. The molecule has 0 saturated heterocycles. The second-order valence-electron chi connectivity index (χ2n) is 8.28. The highest BCUT2D eigenvalue weighted by molar-refractivity contribution is 6.76. The summed E-state index contributed by atoms with van der Waals surface area (Å²) in [6.45, 7) is 9.76. The fourth-order valence-corrected chi connectivity index (χ4v) is 3.62. The number of carbonyl (C=O) groups is 1. The number of carboxylic acid groups (broad SMARTS) is 1. The molecule has 30 heavy (non-hydrogen) atoms. The molecule has 0 aliphatic rings. The molecule has 0 spiro atoms. The Morgan fingerprint density at radius 2 is 2.00 bits per heavy atom. The van der Waals surface area contributed by atoms with Crippen LogP contribution in [-0.2, 0) is 11.5 Å².